The third-order valence-electron chi connectivity index (χ3n) is 5.47. The molecular formula is C25H26N4O2. The third-order valence-corrected chi connectivity index (χ3v) is 5.47. The minimum Gasteiger partial charge on any atom is -0.376 e. The molecule has 1 fully saturated rings. The second-order valence-corrected chi connectivity index (χ2v) is 7.73. The minimum atomic E-state index is -0.163. The van der Waals surface area contributed by atoms with Crippen molar-refractivity contribution in [3.05, 3.63) is 95.2 Å². The summed E-state index contributed by atoms with van der Waals surface area (Å²) in [5.41, 5.74) is 3.44. The predicted octanol–water partition coefficient (Wildman–Crippen LogP) is 3.64. The van der Waals surface area contributed by atoms with Gasteiger partial charge in [0.05, 0.1) is 0 Å². The Morgan fingerprint density at radius 2 is 1.97 bits per heavy atom. The number of anilines is 1. The number of likely N-dealkylation sites (tertiary alicyclic amines) is 1. The zero-order chi connectivity index (χ0) is 21.5. The summed E-state index contributed by atoms with van der Waals surface area (Å²) in [6.45, 7) is 1.31. The summed E-state index contributed by atoms with van der Waals surface area (Å²) in [5, 5.41) is 3.35. The second kappa shape index (κ2) is 9.89. The standard InChI is InChI=1S/C25H26N4O2/c30-24(10-4-8-19-6-2-1-3-7-19)29-15-5-9-22(18-29)28-23-16-21(17-27-25(23)31)20-11-13-26-14-12-20/h1-4,6-7,10-14,16-17,22,28H,5,8-9,15,18H2,(H,27,31)/b10-4+/t22-/m1/s1. The van der Waals surface area contributed by atoms with E-state index in [-0.39, 0.29) is 17.5 Å². The lowest BCUT2D eigenvalue weighted by Crippen LogP contribution is -2.45. The molecule has 3 aromatic rings. The smallest absolute Gasteiger partial charge is 0.271 e. The molecule has 1 aliphatic rings. The highest BCUT2D eigenvalue weighted by atomic mass is 16.2. The number of nitrogens with one attached hydrogen (secondary N) is 2. The van der Waals surface area contributed by atoms with E-state index >= 15 is 0 Å². The largest absolute Gasteiger partial charge is 0.376 e. The molecule has 2 N–H and O–H groups in total. The van der Waals surface area contributed by atoms with Crippen LogP contribution in [-0.2, 0) is 11.2 Å². The lowest BCUT2D eigenvalue weighted by Gasteiger charge is -2.33. The van der Waals surface area contributed by atoms with Gasteiger partial charge in [0.25, 0.3) is 5.56 Å². The molecule has 0 spiro atoms. The zero-order valence-electron chi connectivity index (χ0n) is 17.3. The predicted molar refractivity (Wildman–Crippen MR) is 123 cm³/mol. The van der Waals surface area contributed by atoms with Crippen molar-refractivity contribution in [1.29, 1.82) is 0 Å². The van der Waals surface area contributed by atoms with Gasteiger partial charge in [0.15, 0.2) is 0 Å². The molecule has 1 atom stereocenters. The average molecular weight is 415 g/mol. The first-order valence-corrected chi connectivity index (χ1v) is 10.6. The van der Waals surface area contributed by atoms with E-state index in [0.29, 0.717) is 12.2 Å². The van der Waals surface area contributed by atoms with E-state index < -0.39 is 0 Å². The average Bonchev–Trinajstić information content (AvgIpc) is 2.82. The number of carbonyl (C=O) groups is 1. The van der Waals surface area contributed by atoms with Crippen LogP contribution in [0.4, 0.5) is 5.69 Å². The Kier molecular flexibility index (Phi) is 6.57. The molecule has 0 radical (unpaired) electrons. The summed E-state index contributed by atoms with van der Waals surface area (Å²) >= 11 is 0. The molecule has 0 bridgehead atoms. The van der Waals surface area contributed by atoms with E-state index in [4.69, 9.17) is 0 Å². The van der Waals surface area contributed by atoms with Crippen LogP contribution in [0.3, 0.4) is 0 Å². The lowest BCUT2D eigenvalue weighted by molar-refractivity contribution is -0.127. The number of hydrogen-bond donors (Lipinski definition) is 2. The molecule has 1 aromatic carbocycles. The molecular weight excluding hydrogens is 388 g/mol. The first kappa shape index (κ1) is 20.6. The fourth-order valence-electron chi connectivity index (χ4n) is 3.83. The van der Waals surface area contributed by atoms with Gasteiger partial charge in [-0.2, -0.15) is 0 Å². The van der Waals surface area contributed by atoms with Crippen molar-refractivity contribution in [2.75, 3.05) is 18.4 Å². The van der Waals surface area contributed by atoms with Crippen molar-refractivity contribution in [3.63, 3.8) is 0 Å². The van der Waals surface area contributed by atoms with Gasteiger partial charge in [0.2, 0.25) is 5.91 Å². The Hall–Kier alpha value is -3.67. The van der Waals surface area contributed by atoms with Crippen molar-refractivity contribution in [3.8, 4) is 11.1 Å². The molecule has 1 aliphatic heterocycles. The Balaban J connectivity index is 1.39. The number of piperidine rings is 1. The van der Waals surface area contributed by atoms with Gasteiger partial charge in [-0.25, -0.2) is 0 Å². The monoisotopic (exact) mass is 414 g/mol. The minimum absolute atomic E-state index is 0.0156. The highest BCUT2D eigenvalue weighted by Crippen LogP contribution is 2.20. The van der Waals surface area contributed by atoms with E-state index in [1.807, 2.05) is 59.5 Å². The highest BCUT2D eigenvalue weighted by Gasteiger charge is 2.23. The molecule has 31 heavy (non-hydrogen) atoms. The van der Waals surface area contributed by atoms with Crippen LogP contribution in [0.15, 0.2) is 84.1 Å². The summed E-state index contributed by atoms with van der Waals surface area (Å²) < 4.78 is 0. The van der Waals surface area contributed by atoms with Crippen LogP contribution in [0, 0.1) is 0 Å². The van der Waals surface area contributed by atoms with Crippen LogP contribution < -0.4 is 10.9 Å². The van der Waals surface area contributed by atoms with Crippen LogP contribution in [0.1, 0.15) is 18.4 Å². The zero-order valence-corrected chi connectivity index (χ0v) is 17.3. The highest BCUT2D eigenvalue weighted by molar-refractivity contribution is 5.87. The topological polar surface area (TPSA) is 78.1 Å². The van der Waals surface area contributed by atoms with Crippen molar-refractivity contribution in [1.82, 2.24) is 14.9 Å². The molecule has 6 nitrogen and oxygen atoms in total. The number of aromatic amines is 1. The first-order chi connectivity index (χ1) is 15.2. The van der Waals surface area contributed by atoms with E-state index in [2.05, 4.69) is 15.3 Å². The maximum atomic E-state index is 12.6. The molecule has 6 heteroatoms. The van der Waals surface area contributed by atoms with Crippen molar-refractivity contribution in [2.45, 2.75) is 25.3 Å². The Morgan fingerprint density at radius 1 is 1.16 bits per heavy atom. The maximum Gasteiger partial charge on any atom is 0.271 e. The first-order valence-electron chi connectivity index (χ1n) is 10.6. The van der Waals surface area contributed by atoms with Gasteiger partial charge in [-0.15, -0.1) is 0 Å². The fourth-order valence-corrected chi connectivity index (χ4v) is 3.83. The van der Waals surface area contributed by atoms with Gasteiger partial charge in [-0.1, -0.05) is 36.4 Å². The molecule has 2 aromatic heterocycles. The van der Waals surface area contributed by atoms with Crippen LogP contribution in [0.25, 0.3) is 11.1 Å². The van der Waals surface area contributed by atoms with E-state index in [0.717, 1.165) is 36.9 Å². The number of benzene rings is 1. The normalized spacial score (nSPS) is 16.4. The SMILES string of the molecule is O=C(/C=C/Cc1ccccc1)N1CCC[C@@H](Nc2cc(-c3ccncc3)c[nH]c2=O)C1. The number of pyridine rings is 2. The molecule has 0 aliphatic carbocycles. The Morgan fingerprint density at radius 3 is 2.77 bits per heavy atom. The molecule has 3 heterocycles. The van der Waals surface area contributed by atoms with Crippen molar-refractivity contribution in [2.24, 2.45) is 0 Å². The molecule has 1 amide bonds. The molecule has 0 saturated carbocycles. The van der Waals surface area contributed by atoms with E-state index in [9.17, 15) is 9.59 Å². The van der Waals surface area contributed by atoms with Crippen molar-refractivity contribution < 1.29 is 4.79 Å². The molecule has 4 rings (SSSR count). The maximum absolute atomic E-state index is 12.6. The number of amides is 1. The number of allylic oxidation sites excluding steroid dienone is 1. The third kappa shape index (κ3) is 5.48. The Labute approximate surface area is 181 Å². The van der Waals surface area contributed by atoms with E-state index in [1.54, 1.807) is 24.7 Å². The number of rotatable bonds is 6. The summed E-state index contributed by atoms with van der Waals surface area (Å²) in [4.78, 5) is 33.7. The summed E-state index contributed by atoms with van der Waals surface area (Å²) in [6.07, 6.45) is 11.3. The van der Waals surface area contributed by atoms with Crippen LogP contribution >= 0.6 is 0 Å². The number of H-pyrrole nitrogens is 1. The Bertz CT molecular complexity index is 1090. The van der Waals surface area contributed by atoms with Gasteiger partial charge in [-0.05, 0) is 54.7 Å². The van der Waals surface area contributed by atoms with Crippen LogP contribution in [0.2, 0.25) is 0 Å². The van der Waals surface area contributed by atoms with Gasteiger partial charge in [-0.3, -0.25) is 14.6 Å². The molecule has 1 saturated heterocycles. The second-order valence-electron chi connectivity index (χ2n) is 7.73. The summed E-state index contributed by atoms with van der Waals surface area (Å²) in [5.74, 6) is 0.0156. The number of carbonyl (C=O) groups excluding carboxylic acids is 1. The fraction of sp³-hybridized carbons (Fsp3) is 0.240. The number of aromatic nitrogens is 2. The lowest BCUT2D eigenvalue weighted by atomic mass is 10.0. The van der Waals surface area contributed by atoms with Crippen LogP contribution in [-0.4, -0.2) is 39.9 Å². The van der Waals surface area contributed by atoms with Gasteiger partial charge < -0.3 is 15.2 Å². The van der Waals surface area contributed by atoms with Gasteiger partial charge in [0, 0.05) is 43.3 Å². The van der Waals surface area contributed by atoms with Gasteiger partial charge in [0.1, 0.15) is 5.69 Å². The van der Waals surface area contributed by atoms with Crippen molar-refractivity contribution >= 4 is 11.6 Å². The summed E-state index contributed by atoms with van der Waals surface area (Å²) in [7, 11) is 0. The van der Waals surface area contributed by atoms with Gasteiger partial charge >= 0.3 is 0 Å². The number of nitrogens with zero attached hydrogens (tertiary/aromatic N) is 2. The molecule has 0 unspecified atom stereocenters. The quantitative estimate of drug-likeness (QED) is 0.604. The number of hydrogen-bond acceptors (Lipinski definition) is 4. The molecule has 158 valence electrons. The summed E-state index contributed by atoms with van der Waals surface area (Å²) in [6, 6.07) is 15.8. The van der Waals surface area contributed by atoms with Crippen LogP contribution in [0.5, 0.6) is 0 Å². The van der Waals surface area contributed by atoms with E-state index in [1.165, 1.54) is 5.56 Å².